The lowest BCUT2D eigenvalue weighted by atomic mass is 10.2. The fourth-order valence-corrected chi connectivity index (χ4v) is 1.83. The van der Waals surface area contributed by atoms with Gasteiger partial charge in [-0.2, -0.15) is 5.10 Å². The van der Waals surface area contributed by atoms with Gasteiger partial charge in [0.25, 0.3) is 0 Å². The number of para-hydroxylation sites is 1. The van der Waals surface area contributed by atoms with Crippen molar-refractivity contribution >= 4 is 23.6 Å². The number of hydrogen-bond donors (Lipinski definition) is 1. The van der Waals surface area contributed by atoms with Crippen molar-refractivity contribution in [2.24, 2.45) is 0 Å². The third-order valence-electron chi connectivity index (χ3n) is 2.56. The van der Waals surface area contributed by atoms with Gasteiger partial charge in [0.1, 0.15) is 0 Å². The molecular formula is C14H13ClN2O3. The van der Waals surface area contributed by atoms with Gasteiger partial charge in [-0.25, -0.2) is 4.79 Å². The third-order valence-corrected chi connectivity index (χ3v) is 2.85. The molecule has 6 heteroatoms. The minimum Gasteiger partial charge on any atom is -0.478 e. The molecule has 0 radical (unpaired) electrons. The Kier molecular flexibility index (Phi) is 4.42. The standard InChI is InChI=1S/C14H13ClN2O3/c1-2-17-9-11(8-16-17)20-14-10(6-7-13(18)19)4-3-5-12(14)15/h3-9H,2H2,1H3,(H,18,19)/b7-6+. The number of hydrogen-bond acceptors (Lipinski definition) is 3. The zero-order chi connectivity index (χ0) is 14.5. The van der Waals surface area contributed by atoms with Gasteiger partial charge in [-0.15, -0.1) is 0 Å². The molecular weight excluding hydrogens is 280 g/mol. The smallest absolute Gasteiger partial charge is 0.328 e. The van der Waals surface area contributed by atoms with Crippen LogP contribution in [0.15, 0.2) is 36.7 Å². The molecule has 1 heterocycles. The molecule has 0 aliphatic rings. The molecule has 20 heavy (non-hydrogen) atoms. The number of carboxylic acids is 1. The molecule has 0 atom stereocenters. The first-order valence-electron chi connectivity index (χ1n) is 6.00. The van der Waals surface area contributed by atoms with E-state index in [4.69, 9.17) is 21.4 Å². The van der Waals surface area contributed by atoms with E-state index in [-0.39, 0.29) is 0 Å². The Labute approximate surface area is 121 Å². The lowest BCUT2D eigenvalue weighted by molar-refractivity contribution is -0.131. The number of carboxylic acid groups (broad SMARTS) is 1. The Balaban J connectivity index is 2.32. The van der Waals surface area contributed by atoms with Crippen molar-refractivity contribution in [2.75, 3.05) is 0 Å². The van der Waals surface area contributed by atoms with Gasteiger partial charge in [-0.05, 0) is 19.1 Å². The van der Waals surface area contributed by atoms with Crippen LogP contribution in [-0.4, -0.2) is 20.9 Å². The second-order valence-corrected chi connectivity index (χ2v) is 4.37. The van der Waals surface area contributed by atoms with Gasteiger partial charge in [0, 0.05) is 18.2 Å². The van der Waals surface area contributed by atoms with Crippen molar-refractivity contribution in [3.8, 4) is 11.5 Å². The third kappa shape index (κ3) is 3.39. The number of aliphatic carboxylic acids is 1. The largest absolute Gasteiger partial charge is 0.478 e. The first-order chi connectivity index (χ1) is 9.60. The lowest BCUT2D eigenvalue weighted by Crippen LogP contribution is -1.92. The van der Waals surface area contributed by atoms with Gasteiger partial charge >= 0.3 is 5.97 Å². The summed E-state index contributed by atoms with van der Waals surface area (Å²) in [4.78, 5) is 10.6. The topological polar surface area (TPSA) is 64.3 Å². The first-order valence-corrected chi connectivity index (χ1v) is 6.37. The average Bonchev–Trinajstić information content (AvgIpc) is 2.87. The summed E-state index contributed by atoms with van der Waals surface area (Å²) in [6.07, 6.45) is 5.80. The van der Waals surface area contributed by atoms with E-state index in [2.05, 4.69) is 5.10 Å². The Morgan fingerprint density at radius 2 is 2.35 bits per heavy atom. The summed E-state index contributed by atoms with van der Waals surface area (Å²) in [5.41, 5.74) is 0.587. The van der Waals surface area contributed by atoms with Crippen molar-refractivity contribution in [3.63, 3.8) is 0 Å². The molecule has 104 valence electrons. The molecule has 0 unspecified atom stereocenters. The van der Waals surface area contributed by atoms with Gasteiger partial charge in [0.2, 0.25) is 0 Å². The van der Waals surface area contributed by atoms with Gasteiger partial charge in [0.15, 0.2) is 11.5 Å². The van der Waals surface area contributed by atoms with E-state index < -0.39 is 5.97 Å². The van der Waals surface area contributed by atoms with Crippen LogP contribution in [-0.2, 0) is 11.3 Å². The zero-order valence-corrected chi connectivity index (χ0v) is 11.5. The number of carbonyl (C=O) groups is 1. The molecule has 0 aliphatic carbocycles. The van der Waals surface area contributed by atoms with Crippen LogP contribution in [0, 0.1) is 0 Å². The molecule has 0 saturated heterocycles. The second-order valence-electron chi connectivity index (χ2n) is 3.96. The van der Waals surface area contributed by atoms with E-state index in [1.807, 2.05) is 6.92 Å². The monoisotopic (exact) mass is 292 g/mol. The number of ether oxygens (including phenoxy) is 1. The fourth-order valence-electron chi connectivity index (χ4n) is 1.61. The Morgan fingerprint density at radius 1 is 1.55 bits per heavy atom. The predicted molar refractivity (Wildman–Crippen MR) is 76.1 cm³/mol. The maximum Gasteiger partial charge on any atom is 0.328 e. The van der Waals surface area contributed by atoms with E-state index in [0.29, 0.717) is 22.1 Å². The van der Waals surface area contributed by atoms with Crippen molar-refractivity contribution in [2.45, 2.75) is 13.5 Å². The molecule has 0 saturated carbocycles. The number of halogens is 1. The maximum atomic E-state index is 10.6. The maximum absolute atomic E-state index is 10.6. The van der Waals surface area contributed by atoms with Gasteiger partial charge in [-0.3, -0.25) is 4.68 Å². The SMILES string of the molecule is CCn1cc(Oc2c(Cl)cccc2/C=C/C(=O)O)cn1. The second kappa shape index (κ2) is 6.25. The Hall–Kier alpha value is -2.27. The number of nitrogens with zero attached hydrogens (tertiary/aromatic N) is 2. The molecule has 2 rings (SSSR count). The molecule has 0 amide bonds. The fraction of sp³-hybridized carbons (Fsp3) is 0.143. The molecule has 5 nitrogen and oxygen atoms in total. The highest BCUT2D eigenvalue weighted by Gasteiger charge is 2.09. The number of aryl methyl sites for hydroxylation is 1. The summed E-state index contributed by atoms with van der Waals surface area (Å²) in [6, 6.07) is 5.14. The number of benzene rings is 1. The van der Waals surface area contributed by atoms with Crippen molar-refractivity contribution < 1.29 is 14.6 Å². The van der Waals surface area contributed by atoms with E-state index in [9.17, 15) is 4.79 Å². The molecule has 2 aromatic rings. The summed E-state index contributed by atoms with van der Waals surface area (Å²) in [6.45, 7) is 2.70. The van der Waals surface area contributed by atoms with E-state index in [0.717, 1.165) is 12.6 Å². The van der Waals surface area contributed by atoms with Crippen LogP contribution in [0.25, 0.3) is 6.08 Å². The first kappa shape index (κ1) is 14.1. The van der Waals surface area contributed by atoms with Crippen molar-refractivity contribution in [1.82, 2.24) is 9.78 Å². The van der Waals surface area contributed by atoms with Crippen molar-refractivity contribution in [1.29, 1.82) is 0 Å². The van der Waals surface area contributed by atoms with E-state index in [1.165, 1.54) is 6.08 Å². The van der Waals surface area contributed by atoms with Crippen LogP contribution in [0.2, 0.25) is 5.02 Å². The van der Waals surface area contributed by atoms with Crippen LogP contribution in [0.3, 0.4) is 0 Å². The van der Waals surface area contributed by atoms with Crippen LogP contribution in [0.5, 0.6) is 11.5 Å². The quantitative estimate of drug-likeness (QED) is 0.857. The lowest BCUT2D eigenvalue weighted by Gasteiger charge is -2.08. The molecule has 0 aliphatic heterocycles. The minimum absolute atomic E-state index is 0.404. The van der Waals surface area contributed by atoms with Gasteiger partial charge in [0.05, 0.1) is 17.4 Å². The molecule has 0 fully saturated rings. The number of aromatic nitrogens is 2. The Morgan fingerprint density at radius 3 is 3.00 bits per heavy atom. The zero-order valence-electron chi connectivity index (χ0n) is 10.8. The molecule has 1 aromatic heterocycles. The predicted octanol–water partition coefficient (Wildman–Crippen LogP) is 3.45. The van der Waals surface area contributed by atoms with Crippen LogP contribution in [0.1, 0.15) is 12.5 Å². The van der Waals surface area contributed by atoms with Gasteiger partial charge < -0.3 is 9.84 Å². The summed E-state index contributed by atoms with van der Waals surface area (Å²) >= 11 is 6.10. The van der Waals surface area contributed by atoms with E-state index in [1.54, 1.807) is 35.3 Å². The summed E-state index contributed by atoms with van der Waals surface area (Å²) in [5.74, 6) is -0.0815. The minimum atomic E-state index is -1.03. The molecule has 0 spiro atoms. The van der Waals surface area contributed by atoms with Crippen LogP contribution >= 0.6 is 11.6 Å². The van der Waals surface area contributed by atoms with Gasteiger partial charge in [-0.1, -0.05) is 23.7 Å². The normalized spacial score (nSPS) is 10.9. The van der Waals surface area contributed by atoms with Crippen molar-refractivity contribution in [3.05, 3.63) is 47.3 Å². The molecule has 1 aromatic carbocycles. The Bertz CT molecular complexity index is 650. The highest BCUT2D eigenvalue weighted by Crippen LogP contribution is 2.33. The molecule has 1 N–H and O–H groups in total. The van der Waals surface area contributed by atoms with Crippen LogP contribution in [0.4, 0.5) is 0 Å². The average molecular weight is 293 g/mol. The summed E-state index contributed by atoms with van der Waals surface area (Å²) in [7, 11) is 0. The summed E-state index contributed by atoms with van der Waals surface area (Å²) in [5, 5.41) is 13.2. The van der Waals surface area contributed by atoms with E-state index >= 15 is 0 Å². The summed E-state index contributed by atoms with van der Waals surface area (Å²) < 4.78 is 7.42. The highest BCUT2D eigenvalue weighted by molar-refractivity contribution is 6.32. The van der Waals surface area contributed by atoms with Crippen LogP contribution < -0.4 is 4.74 Å². The highest BCUT2D eigenvalue weighted by atomic mass is 35.5. The molecule has 0 bridgehead atoms. The number of rotatable bonds is 5.